The summed E-state index contributed by atoms with van der Waals surface area (Å²) in [5.74, 6) is 0.532. The standard InChI is InChI=1S/C9H13NO/c1-10(2)8-4-6-9(11-3)7-5-8/h4-7H,1-3H3/i1D3,2D3. The molecule has 0 bridgehead atoms. The third kappa shape index (κ3) is 1.87. The summed E-state index contributed by atoms with van der Waals surface area (Å²) < 4.78 is 48.4. The van der Waals surface area contributed by atoms with Gasteiger partial charge < -0.3 is 9.64 Å². The van der Waals surface area contributed by atoms with E-state index in [1.165, 1.54) is 31.4 Å². The van der Waals surface area contributed by atoms with Gasteiger partial charge in [-0.3, -0.25) is 0 Å². The normalized spacial score (nSPS) is 19.7. The van der Waals surface area contributed by atoms with Gasteiger partial charge in [-0.15, -0.1) is 0 Å². The van der Waals surface area contributed by atoms with Gasteiger partial charge in [0.25, 0.3) is 0 Å². The Labute approximate surface area is 75.8 Å². The Bertz CT molecular complexity index is 355. The highest BCUT2D eigenvalue weighted by Gasteiger charge is 1.93. The molecule has 0 aliphatic rings. The second kappa shape index (κ2) is 3.28. The molecule has 0 saturated heterocycles. The van der Waals surface area contributed by atoms with Crippen LogP contribution in [0.1, 0.15) is 8.22 Å². The lowest BCUT2D eigenvalue weighted by Gasteiger charge is -2.11. The fourth-order valence-electron chi connectivity index (χ4n) is 0.731. The third-order valence-corrected chi connectivity index (χ3v) is 1.33. The Hall–Kier alpha value is -1.18. The molecule has 0 N–H and O–H groups in total. The topological polar surface area (TPSA) is 12.5 Å². The van der Waals surface area contributed by atoms with Gasteiger partial charge in [0.1, 0.15) is 5.75 Å². The maximum atomic E-state index is 7.25. The summed E-state index contributed by atoms with van der Waals surface area (Å²) in [6, 6.07) is 5.83. The highest BCUT2D eigenvalue weighted by Crippen LogP contribution is 2.16. The van der Waals surface area contributed by atoms with Crippen LogP contribution in [0.4, 0.5) is 5.69 Å². The number of hydrogen-bond donors (Lipinski definition) is 0. The minimum absolute atomic E-state index is 0.103. The molecule has 2 nitrogen and oxygen atoms in total. The van der Waals surface area contributed by atoms with Crippen molar-refractivity contribution < 1.29 is 13.0 Å². The second-order valence-electron chi connectivity index (χ2n) is 2.03. The van der Waals surface area contributed by atoms with Crippen molar-refractivity contribution in [3.63, 3.8) is 0 Å². The summed E-state index contributed by atoms with van der Waals surface area (Å²) in [7, 11) is 1.47. The first-order valence-corrected chi connectivity index (χ1v) is 3.10. The number of benzene rings is 1. The lowest BCUT2D eigenvalue weighted by molar-refractivity contribution is 0.415. The summed E-state index contributed by atoms with van der Waals surface area (Å²) in [6.45, 7) is -5.44. The van der Waals surface area contributed by atoms with E-state index in [1.54, 1.807) is 0 Å². The zero-order valence-corrected chi connectivity index (χ0v) is 6.16. The first kappa shape index (κ1) is 3.05. The van der Waals surface area contributed by atoms with Crippen LogP contribution in [0.3, 0.4) is 0 Å². The Morgan fingerprint density at radius 2 is 1.91 bits per heavy atom. The van der Waals surface area contributed by atoms with Crippen LogP contribution >= 0.6 is 0 Å². The molecule has 0 fully saturated rings. The van der Waals surface area contributed by atoms with Gasteiger partial charge >= 0.3 is 0 Å². The minimum Gasteiger partial charge on any atom is -0.497 e. The number of ether oxygens (including phenoxy) is 1. The molecule has 0 aromatic heterocycles. The van der Waals surface area contributed by atoms with E-state index >= 15 is 0 Å². The number of methoxy groups -OCH3 is 1. The van der Waals surface area contributed by atoms with Gasteiger partial charge in [-0.2, -0.15) is 0 Å². The molecule has 1 rings (SSSR count). The minimum atomic E-state index is -2.72. The highest BCUT2D eigenvalue weighted by molar-refractivity contribution is 5.47. The van der Waals surface area contributed by atoms with E-state index in [4.69, 9.17) is 13.0 Å². The zero-order valence-electron chi connectivity index (χ0n) is 12.2. The molecule has 60 valence electrons. The molecule has 0 aliphatic carbocycles. The largest absolute Gasteiger partial charge is 0.497 e. The molecule has 0 atom stereocenters. The molecule has 0 unspecified atom stereocenters. The van der Waals surface area contributed by atoms with Crippen molar-refractivity contribution in [3.05, 3.63) is 24.3 Å². The third-order valence-electron chi connectivity index (χ3n) is 1.33. The fourth-order valence-corrected chi connectivity index (χ4v) is 0.731. The quantitative estimate of drug-likeness (QED) is 0.648. The Morgan fingerprint density at radius 3 is 2.36 bits per heavy atom. The molecule has 0 heterocycles. The summed E-state index contributed by atoms with van der Waals surface area (Å²) in [5, 5.41) is 0. The molecular formula is C9H13NO. The van der Waals surface area contributed by atoms with Crippen LogP contribution in [-0.2, 0) is 0 Å². The van der Waals surface area contributed by atoms with Gasteiger partial charge in [0.15, 0.2) is 0 Å². The lowest BCUT2D eigenvalue weighted by Crippen LogP contribution is -2.07. The summed E-state index contributed by atoms with van der Waals surface area (Å²) >= 11 is 0. The lowest BCUT2D eigenvalue weighted by atomic mass is 10.3. The van der Waals surface area contributed by atoms with Crippen LogP contribution in [0.2, 0.25) is 0 Å². The van der Waals surface area contributed by atoms with Crippen molar-refractivity contribution in [2.45, 2.75) is 0 Å². The van der Waals surface area contributed by atoms with Gasteiger partial charge in [-0.1, -0.05) is 0 Å². The molecule has 11 heavy (non-hydrogen) atoms. The molecule has 0 amide bonds. The predicted molar refractivity (Wildman–Crippen MR) is 47.3 cm³/mol. The van der Waals surface area contributed by atoms with Crippen molar-refractivity contribution in [1.82, 2.24) is 0 Å². The maximum Gasteiger partial charge on any atom is 0.119 e. The molecule has 2 heteroatoms. The van der Waals surface area contributed by atoms with Gasteiger partial charge in [-0.25, -0.2) is 0 Å². The van der Waals surface area contributed by atoms with Crippen molar-refractivity contribution in [3.8, 4) is 5.75 Å². The van der Waals surface area contributed by atoms with E-state index in [-0.39, 0.29) is 5.69 Å². The van der Waals surface area contributed by atoms with E-state index in [9.17, 15) is 0 Å². The SMILES string of the molecule is [2H]C([2H])([2H])N(c1ccc(OC)cc1)C([2H])([2H])[2H]. The maximum absolute atomic E-state index is 7.25. The molecule has 0 radical (unpaired) electrons. The van der Waals surface area contributed by atoms with Gasteiger partial charge in [-0.05, 0) is 24.3 Å². The van der Waals surface area contributed by atoms with Gasteiger partial charge in [0, 0.05) is 27.9 Å². The van der Waals surface area contributed by atoms with Gasteiger partial charge in [0.05, 0.1) is 7.11 Å². The molecule has 0 spiro atoms. The van der Waals surface area contributed by atoms with E-state index in [1.807, 2.05) is 0 Å². The van der Waals surface area contributed by atoms with Crippen LogP contribution in [0.15, 0.2) is 24.3 Å². The van der Waals surface area contributed by atoms with E-state index in [2.05, 4.69) is 0 Å². The molecular weight excluding hydrogens is 138 g/mol. The number of rotatable bonds is 2. The zero-order chi connectivity index (χ0) is 13.3. The fraction of sp³-hybridized carbons (Fsp3) is 0.333. The van der Waals surface area contributed by atoms with Crippen LogP contribution < -0.4 is 9.64 Å². The first-order chi connectivity index (χ1) is 7.66. The molecule has 0 saturated carbocycles. The Kier molecular flexibility index (Phi) is 0.911. The summed E-state index contributed by atoms with van der Waals surface area (Å²) in [4.78, 5) is 0.430. The van der Waals surface area contributed by atoms with Crippen LogP contribution in [-0.4, -0.2) is 21.1 Å². The number of anilines is 1. The monoisotopic (exact) mass is 157 g/mol. The molecule has 0 aliphatic heterocycles. The smallest absolute Gasteiger partial charge is 0.119 e. The van der Waals surface area contributed by atoms with Crippen LogP contribution in [0.25, 0.3) is 0 Å². The van der Waals surface area contributed by atoms with Crippen molar-refractivity contribution in [1.29, 1.82) is 0 Å². The van der Waals surface area contributed by atoms with E-state index in [0.717, 1.165) is 0 Å². The summed E-state index contributed by atoms with van der Waals surface area (Å²) in [5.41, 5.74) is 0.103. The van der Waals surface area contributed by atoms with Crippen LogP contribution in [0, 0.1) is 0 Å². The summed E-state index contributed by atoms with van der Waals surface area (Å²) in [6.07, 6.45) is 0. The van der Waals surface area contributed by atoms with Crippen molar-refractivity contribution >= 4 is 5.69 Å². The average molecular weight is 157 g/mol. The molecule has 1 aromatic carbocycles. The highest BCUT2D eigenvalue weighted by atomic mass is 16.5. The average Bonchev–Trinajstić information content (AvgIpc) is 2.14. The molecule has 1 aromatic rings. The van der Waals surface area contributed by atoms with Crippen molar-refractivity contribution in [2.24, 2.45) is 0 Å². The van der Waals surface area contributed by atoms with Gasteiger partial charge in [0.2, 0.25) is 0 Å². The number of nitrogens with zero attached hydrogens (tertiary/aromatic N) is 1. The Balaban J connectivity index is 3.14. The van der Waals surface area contributed by atoms with Crippen molar-refractivity contribution in [2.75, 3.05) is 26.0 Å². The first-order valence-electron chi connectivity index (χ1n) is 6.10. The van der Waals surface area contributed by atoms with E-state index < -0.39 is 14.0 Å². The van der Waals surface area contributed by atoms with Crippen LogP contribution in [0.5, 0.6) is 5.75 Å². The van der Waals surface area contributed by atoms with E-state index in [0.29, 0.717) is 10.6 Å². The number of hydrogen-bond acceptors (Lipinski definition) is 2. The second-order valence-corrected chi connectivity index (χ2v) is 2.03. The Morgan fingerprint density at radius 1 is 1.27 bits per heavy atom. The predicted octanol–water partition coefficient (Wildman–Crippen LogP) is 1.76.